The number of carbonyl (C=O) groups excluding carboxylic acids is 2. The summed E-state index contributed by atoms with van der Waals surface area (Å²) in [6.45, 7) is 5.50. The molecule has 2 aliphatic heterocycles. The molecule has 3 heterocycles. The van der Waals surface area contributed by atoms with Crippen molar-refractivity contribution in [1.82, 2.24) is 14.9 Å². The quantitative estimate of drug-likeness (QED) is 0.704. The molecule has 11 heteroatoms. The van der Waals surface area contributed by atoms with Crippen molar-refractivity contribution in [3.63, 3.8) is 0 Å². The van der Waals surface area contributed by atoms with E-state index in [1.807, 2.05) is 25.8 Å². The van der Waals surface area contributed by atoms with Crippen molar-refractivity contribution in [3.8, 4) is 5.75 Å². The van der Waals surface area contributed by atoms with Gasteiger partial charge in [0.2, 0.25) is 5.43 Å². The van der Waals surface area contributed by atoms with Gasteiger partial charge in [0.1, 0.15) is 29.7 Å². The summed E-state index contributed by atoms with van der Waals surface area (Å²) in [5.74, 6) is -5.71. The molecule has 182 valence electrons. The first-order valence-electron chi connectivity index (χ1n) is 11.0. The number of halogens is 3. The summed E-state index contributed by atoms with van der Waals surface area (Å²) in [6.07, 6.45) is 2.65. The predicted octanol–water partition coefficient (Wildman–Crippen LogP) is 2.46. The number of amides is 2. The minimum Gasteiger partial charge on any atom is -0.502 e. The van der Waals surface area contributed by atoms with Crippen LogP contribution in [0.1, 0.15) is 60.0 Å². The Balaban J connectivity index is 1.73. The van der Waals surface area contributed by atoms with Gasteiger partial charge in [0.25, 0.3) is 11.8 Å². The number of hydrogen-bond donors (Lipinski definition) is 2. The van der Waals surface area contributed by atoms with Gasteiger partial charge in [-0.3, -0.25) is 24.1 Å². The molecule has 1 saturated heterocycles. The van der Waals surface area contributed by atoms with Gasteiger partial charge in [-0.25, -0.2) is 13.2 Å². The van der Waals surface area contributed by atoms with E-state index in [-0.39, 0.29) is 30.4 Å². The summed E-state index contributed by atoms with van der Waals surface area (Å²) in [5, 5.41) is 14.7. The van der Waals surface area contributed by atoms with E-state index in [4.69, 9.17) is 0 Å². The Hall–Kier alpha value is -3.50. The maximum Gasteiger partial charge on any atom is 0.278 e. The lowest BCUT2D eigenvalue weighted by Gasteiger charge is -2.43. The average Bonchev–Trinajstić information content (AvgIpc) is 2.90. The second-order valence-corrected chi connectivity index (χ2v) is 9.04. The monoisotopic (exact) mass is 478 g/mol. The van der Waals surface area contributed by atoms with Crippen LogP contribution in [0.15, 0.2) is 23.1 Å². The number of pyridine rings is 1. The summed E-state index contributed by atoms with van der Waals surface area (Å²) in [4.78, 5) is 40.3. The van der Waals surface area contributed by atoms with Crippen LogP contribution in [0, 0.1) is 23.4 Å². The summed E-state index contributed by atoms with van der Waals surface area (Å²) in [6, 6.07) is 0.812. The fraction of sp³-hybridized carbons (Fsp3) is 0.435. The molecule has 2 unspecified atom stereocenters. The normalized spacial score (nSPS) is 19.8. The van der Waals surface area contributed by atoms with E-state index in [9.17, 15) is 32.7 Å². The molecule has 2 N–H and O–H groups in total. The lowest BCUT2D eigenvalue weighted by Crippen LogP contribution is -2.58. The van der Waals surface area contributed by atoms with E-state index in [1.165, 1.54) is 10.9 Å². The van der Waals surface area contributed by atoms with Crippen molar-refractivity contribution in [2.75, 3.05) is 11.7 Å². The molecule has 0 spiro atoms. The van der Waals surface area contributed by atoms with Crippen molar-refractivity contribution in [2.45, 2.75) is 52.2 Å². The van der Waals surface area contributed by atoms with Crippen LogP contribution in [0.25, 0.3) is 0 Å². The number of fused-ring (bicyclic) bond motifs is 4. The number of carbonyl (C=O) groups is 2. The standard InChI is InChI=1S/C23H25F3N4O4/c1-11(2)18-5-4-12(3)28-10-30(18)29-9-15(20(31)21(32)19(29)23(28)34)22(33)27-8-14-16(25)6-13(24)7-17(14)26/h6-7,9,11-12,18,32H,4-5,8,10H2,1-3H3,(H,27,33). The molecule has 0 saturated carbocycles. The van der Waals surface area contributed by atoms with Crippen LogP contribution in [-0.4, -0.2) is 45.2 Å². The van der Waals surface area contributed by atoms with Crippen molar-refractivity contribution in [1.29, 1.82) is 0 Å². The number of rotatable bonds is 4. The van der Waals surface area contributed by atoms with Gasteiger partial charge in [-0.05, 0) is 25.7 Å². The van der Waals surface area contributed by atoms with Gasteiger partial charge >= 0.3 is 0 Å². The molecule has 1 aromatic carbocycles. The number of benzene rings is 1. The molecule has 2 amide bonds. The summed E-state index contributed by atoms with van der Waals surface area (Å²) < 4.78 is 42.3. The van der Waals surface area contributed by atoms with Crippen LogP contribution in [0.2, 0.25) is 0 Å². The van der Waals surface area contributed by atoms with Gasteiger partial charge < -0.3 is 15.3 Å². The highest BCUT2D eigenvalue weighted by atomic mass is 19.1. The molecule has 34 heavy (non-hydrogen) atoms. The SMILES string of the molecule is CC(C)C1CCC(C)N2CN1n1cc(C(=O)NCc3c(F)cc(F)cc3F)c(=O)c(O)c1C2=O. The van der Waals surface area contributed by atoms with Crippen LogP contribution < -0.4 is 15.8 Å². The van der Waals surface area contributed by atoms with Crippen molar-refractivity contribution in [2.24, 2.45) is 5.92 Å². The van der Waals surface area contributed by atoms with E-state index in [2.05, 4.69) is 5.32 Å². The third kappa shape index (κ3) is 3.88. The molecule has 0 radical (unpaired) electrons. The van der Waals surface area contributed by atoms with E-state index in [0.29, 0.717) is 12.1 Å². The number of nitrogens with zero attached hydrogens (tertiary/aromatic N) is 3. The molecule has 8 nitrogen and oxygen atoms in total. The van der Waals surface area contributed by atoms with E-state index < -0.39 is 58.1 Å². The maximum atomic E-state index is 13.9. The molecule has 0 aliphatic carbocycles. The fourth-order valence-corrected chi connectivity index (χ4v) is 4.58. The van der Waals surface area contributed by atoms with Crippen LogP contribution >= 0.6 is 0 Å². The van der Waals surface area contributed by atoms with Crippen molar-refractivity contribution < 1.29 is 27.9 Å². The Bertz CT molecular complexity index is 1210. The second kappa shape index (κ2) is 8.69. The lowest BCUT2D eigenvalue weighted by molar-refractivity contribution is 0.0623. The maximum absolute atomic E-state index is 13.9. The topological polar surface area (TPSA) is 94.9 Å². The van der Waals surface area contributed by atoms with E-state index in [0.717, 1.165) is 12.8 Å². The van der Waals surface area contributed by atoms with E-state index >= 15 is 0 Å². The van der Waals surface area contributed by atoms with Crippen LogP contribution in [-0.2, 0) is 6.54 Å². The van der Waals surface area contributed by atoms with Crippen molar-refractivity contribution >= 4 is 11.8 Å². The number of aromatic nitrogens is 1. The molecular weight excluding hydrogens is 453 g/mol. The van der Waals surface area contributed by atoms with Gasteiger partial charge in [0.15, 0.2) is 11.4 Å². The average molecular weight is 478 g/mol. The predicted molar refractivity (Wildman–Crippen MR) is 116 cm³/mol. The lowest BCUT2D eigenvalue weighted by atomic mass is 9.98. The molecule has 2 atom stereocenters. The van der Waals surface area contributed by atoms with Crippen LogP contribution in [0.4, 0.5) is 13.2 Å². The zero-order chi connectivity index (χ0) is 24.9. The minimum atomic E-state index is -1.19. The van der Waals surface area contributed by atoms with Gasteiger partial charge in [0.05, 0.1) is 0 Å². The number of hydrogen-bond acceptors (Lipinski definition) is 5. The Morgan fingerprint density at radius 2 is 1.82 bits per heavy atom. The Labute approximate surface area is 193 Å². The molecule has 4 rings (SSSR count). The fourth-order valence-electron chi connectivity index (χ4n) is 4.58. The molecule has 1 fully saturated rings. The summed E-state index contributed by atoms with van der Waals surface area (Å²) in [5.41, 5.74) is -2.38. The summed E-state index contributed by atoms with van der Waals surface area (Å²) in [7, 11) is 0. The molecule has 2 aromatic rings. The molecule has 2 bridgehead atoms. The molecular formula is C23H25F3N4O4. The zero-order valence-corrected chi connectivity index (χ0v) is 18.9. The highest BCUT2D eigenvalue weighted by Gasteiger charge is 2.41. The van der Waals surface area contributed by atoms with E-state index in [1.54, 1.807) is 4.90 Å². The smallest absolute Gasteiger partial charge is 0.278 e. The first-order chi connectivity index (χ1) is 16.0. The van der Waals surface area contributed by atoms with Gasteiger partial charge in [-0.1, -0.05) is 13.8 Å². The Morgan fingerprint density at radius 1 is 1.18 bits per heavy atom. The highest BCUT2D eigenvalue weighted by molar-refractivity contribution is 5.99. The van der Waals surface area contributed by atoms with Gasteiger partial charge in [-0.2, -0.15) is 0 Å². The molecule has 1 aromatic heterocycles. The third-order valence-electron chi connectivity index (χ3n) is 6.54. The largest absolute Gasteiger partial charge is 0.502 e. The highest BCUT2D eigenvalue weighted by Crippen LogP contribution is 2.31. The number of aromatic hydroxyl groups is 1. The Kier molecular flexibility index (Phi) is 6.05. The molecule has 2 aliphatic rings. The number of nitrogens with one attached hydrogen (secondary N) is 1. The van der Waals surface area contributed by atoms with Crippen LogP contribution in [0.3, 0.4) is 0 Å². The second-order valence-electron chi connectivity index (χ2n) is 9.04. The van der Waals surface area contributed by atoms with Gasteiger partial charge in [-0.15, -0.1) is 0 Å². The first-order valence-corrected chi connectivity index (χ1v) is 11.0. The Morgan fingerprint density at radius 3 is 2.44 bits per heavy atom. The zero-order valence-electron chi connectivity index (χ0n) is 18.9. The minimum absolute atomic E-state index is 0.0421. The summed E-state index contributed by atoms with van der Waals surface area (Å²) >= 11 is 0. The van der Waals surface area contributed by atoms with Crippen LogP contribution in [0.5, 0.6) is 5.75 Å². The third-order valence-corrected chi connectivity index (χ3v) is 6.54. The van der Waals surface area contributed by atoms with Gasteiger partial charge in [0, 0.05) is 42.5 Å². The first kappa shape index (κ1) is 23.7. The van der Waals surface area contributed by atoms with Crippen molar-refractivity contribution in [3.05, 3.63) is 62.8 Å².